The zero-order chi connectivity index (χ0) is 24.5. The normalized spacial score (nSPS) is 15.0. The number of alkyl halides is 2. The van der Waals surface area contributed by atoms with Crippen LogP contribution in [-0.4, -0.2) is 37.7 Å². The van der Waals surface area contributed by atoms with E-state index in [-0.39, 0.29) is 23.8 Å². The van der Waals surface area contributed by atoms with Gasteiger partial charge in [-0.25, -0.2) is 4.79 Å². The average molecular weight is 472 g/mol. The summed E-state index contributed by atoms with van der Waals surface area (Å²) in [5.74, 6) is 0.149. The first-order chi connectivity index (χ1) is 16.2. The van der Waals surface area contributed by atoms with E-state index in [0.717, 1.165) is 15.8 Å². The number of tetrazole rings is 1. The Bertz CT molecular complexity index is 1350. The molecule has 0 radical (unpaired) electrons. The smallest absolute Gasteiger partial charge is 0.475 e. The van der Waals surface area contributed by atoms with Crippen molar-refractivity contribution in [2.75, 3.05) is 0 Å². The van der Waals surface area contributed by atoms with Crippen molar-refractivity contribution in [1.29, 1.82) is 0 Å². The highest BCUT2D eigenvalue weighted by atomic mass is 19.3. The maximum Gasteiger partial charge on any atom is 0.586 e. The molecule has 12 heteroatoms. The summed E-state index contributed by atoms with van der Waals surface area (Å²) >= 11 is 0. The summed E-state index contributed by atoms with van der Waals surface area (Å²) in [5.41, 5.74) is 2.46. The maximum absolute atomic E-state index is 13.5. The van der Waals surface area contributed by atoms with Crippen LogP contribution in [0, 0.1) is 6.92 Å². The van der Waals surface area contributed by atoms with Crippen molar-refractivity contribution in [1.82, 2.24) is 19.8 Å². The predicted octanol–water partition coefficient (Wildman–Crippen LogP) is 3.35. The number of halogens is 2. The second-order valence-electron chi connectivity index (χ2n) is 7.49. The summed E-state index contributed by atoms with van der Waals surface area (Å²) in [6, 6.07) is 9.99. The molecule has 1 aliphatic rings. The first-order valence-corrected chi connectivity index (χ1v) is 10.4. The molecule has 10 nitrogen and oxygen atoms in total. The van der Waals surface area contributed by atoms with Crippen molar-refractivity contribution in [3.05, 3.63) is 63.6 Å². The van der Waals surface area contributed by atoms with Crippen molar-refractivity contribution in [3.8, 4) is 17.2 Å². The van der Waals surface area contributed by atoms with E-state index in [2.05, 4.69) is 30.1 Å². The Hall–Kier alpha value is -4.09. The van der Waals surface area contributed by atoms with Crippen LogP contribution < -0.4 is 15.2 Å². The van der Waals surface area contributed by atoms with Gasteiger partial charge in [-0.3, -0.25) is 0 Å². The van der Waals surface area contributed by atoms with E-state index < -0.39 is 6.29 Å². The van der Waals surface area contributed by atoms with Gasteiger partial charge in [0.15, 0.2) is 11.5 Å². The molecule has 0 amide bonds. The van der Waals surface area contributed by atoms with Crippen LogP contribution in [0.3, 0.4) is 0 Å². The van der Waals surface area contributed by atoms with E-state index in [4.69, 9.17) is 4.74 Å². The minimum Gasteiger partial charge on any atom is -0.475 e. The molecule has 1 aromatic heterocycles. The van der Waals surface area contributed by atoms with Gasteiger partial charge in [-0.15, -0.1) is 13.9 Å². The number of aromatic nitrogens is 4. The highest BCUT2D eigenvalue weighted by molar-refractivity contribution is 6.02. The van der Waals surface area contributed by atoms with Crippen LogP contribution in [0.25, 0.3) is 5.69 Å². The van der Waals surface area contributed by atoms with E-state index in [9.17, 15) is 13.6 Å². The zero-order valence-corrected chi connectivity index (χ0v) is 19.0. The van der Waals surface area contributed by atoms with Gasteiger partial charge in [0.1, 0.15) is 6.61 Å². The van der Waals surface area contributed by atoms with Gasteiger partial charge in [-0.05, 0) is 48.0 Å². The van der Waals surface area contributed by atoms with Crippen LogP contribution in [0.4, 0.5) is 8.78 Å². The molecule has 0 N–H and O–H groups in total. The van der Waals surface area contributed by atoms with E-state index in [1.807, 2.05) is 26.0 Å². The SMILES string of the molecule is CCC(=NN=C(C)c1cccc2c1OC(F)(F)O2)OCc1c(C)cccc1-n1nnn(C)c1=O. The van der Waals surface area contributed by atoms with Gasteiger partial charge in [-0.2, -0.15) is 14.5 Å². The average Bonchev–Trinajstić information content (AvgIpc) is 3.30. The lowest BCUT2D eigenvalue weighted by molar-refractivity contribution is -0.286. The Labute approximate surface area is 193 Å². The Kier molecular flexibility index (Phi) is 6.14. The summed E-state index contributed by atoms with van der Waals surface area (Å²) in [5, 5.41) is 15.9. The number of ether oxygens (including phenoxy) is 3. The Morgan fingerprint density at radius 2 is 1.91 bits per heavy atom. The molecule has 0 saturated heterocycles. The number of hydrogen-bond acceptors (Lipinski definition) is 8. The van der Waals surface area contributed by atoms with Gasteiger partial charge in [0, 0.05) is 24.6 Å². The first kappa shape index (κ1) is 23.1. The number of rotatable bonds is 6. The molecule has 2 aromatic carbocycles. The lowest BCUT2D eigenvalue weighted by Gasteiger charge is -2.13. The van der Waals surface area contributed by atoms with Gasteiger partial charge in [-0.1, -0.05) is 25.1 Å². The molecular weight excluding hydrogens is 450 g/mol. The first-order valence-electron chi connectivity index (χ1n) is 10.4. The van der Waals surface area contributed by atoms with Gasteiger partial charge < -0.3 is 14.2 Å². The number of hydrogen-bond donors (Lipinski definition) is 0. The molecule has 2 heterocycles. The van der Waals surface area contributed by atoms with Crippen LogP contribution >= 0.6 is 0 Å². The quantitative estimate of drug-likeness (QED) is 0.310. The van der Waals surface area contributed by atoms with Gasteiger partial charge in [0.2, 0.25) is 5.90 Å². The van der Waals surface area contributed by atoms with Crippen LogP contribution in [-0.2, 0) is 18.4 Å². The molecule has 0 spiro atoms. The molecule has 34 heavy (non-hydrogen) atoms. The van der Waals surface area contributed by atoms with Crippen molar-refractivity contribution < 1.29 is 23.0 Å². The van der Waals surface area contributed by atoms with Crippen LogP contribution in [0.1, 0.15) is 37.0 Å². The van der Waals surface area contributed by atoms with Gasteiger partial charge >= 0.3 is 12.0 Å². The summed E-state index contributed by atoms with van der Waals surface area (Å²) in [7, 11) is 1.51. The number of para-hydroxylation sites is 1. The van der Waals surface area contributed by atoms with Gasteiger partial charge in [0.05, 0.1) is 11.4 Å². The predicted molar refractivity (Wildman–Crippen MR) is 119 cm³/mol. The van der Waals surface area contributed by atoms with E-state index in [1.54, 1.807) is 25.1 Å². The van der Waals surface area contributed by atoms with Crippen LogP contribution in [0.5, 0.6) is 11.5 Å². The van der Waals surface area contributed by atoms with E-state index in [1.165, 1.54) is 17.8 Å². The minimum atomic E-state index is -3.73. The Morgan fingerprint density at radius 3 is 2.62 bits per heavy atom. The molecule has 0 atom stereocenters. The van der Waals surface area contributed by atoms with Crippen LogP contribution in [0.15, 0.2) is 51.4 Å². The van der Waals surface area contributed by atoms with E-state index >= 15 is 0 Å². The van der Waals surface area contributed by atoms with Crippen molar-refractivity contribution in [3.63, 3.8) is 0 Å². The molecule has 0 aliphatic carbocycles. The molecule has 3 aromatic rings. The molecule has 1 aliphatic heterocycles. The number of benzene rings is 2. The molecule has 178 valence electrons. The third kappa shape index (κ3) is 4.51. The van der Waals surface area contributed by atoms with Gasteiger partial charge in [0.25, 0.3) is 0 Å². The Balaban J connectivity index is 1.57. The van der Waals surface area contributed by atoms with Crippen LogP contribution in [0.2, 0.25) is 0 Å². The molecule has 0 fully saturated rings. The fourth-order valence-electron chi connectivity index (χ4n) is 3.33. The van der Waals surface area contributed by atoms with Crippen molar-refractivity contribution in [2.24, 2.45) is 17.3 Å². The number of fused-ring (bicyclic) bond motifs is 1. The summed E-state index contributed by atoms with van der Waals surface area (Å²) in [6.45, 7) is 5.46. The molecular formula is C22H22F2N6O4. The molecule has 0 unspecified atom stereocenters. The number of nitrogens with zero attached hydrogens (tertiary/aromatic N) is 6. The topological polar surface area (TPSA) is 105 Å². The Morgan fingerprint density at radius 1 is 1.15 bits per heavy atom. The summed E-state index contributed by atoms with van der Waals surface area (Å²) in [6.07, 6.45) is -3.30. The summed E-state index contributed by atoms with van der Waals surface area (Å²) < 4.78 is 44.2. The lowest BCUT2D eigenvalue weighted by atomic mass is 10.1. The molecule has 0 bridgehead atoms. The second-order valence-corrected chi connectivity index (χ2v) is 7.49. The highest BCUT2D eigenvalue weighted by Gasteiger charge is 2.44. The minimum absolute atomic E-state index is 0.0701. The van der Waals surface area contributed by atoms with Crippen molar-refractivity contribution >= 4 is 11.6 Å². The number of aryl methyl sites for hydroxylation is 2. The zero-order valence-electron chi connectivity index (χ0n) is 19.0. The molecule has 0 saturated carbocycles. The lowest BCUT2D eigenvalue weighted by Crippen LogP contribution is -2.26. The third-order valence-electron chi connectivity index (χ3n) is 5.15. The molecule has 4 rings (SSSR count). The third-order valence-corrected chi connectivity index (χ3v) is 5.15. The largest absolute Gasteiger partial charge is 0.586 e. The standard InChI is InChI=1S/C22H22F2N6O4/c1-5-19(26-25-14(3)15-9-7-11-18-20(15)34-22(23,24)33-18)32-12-16-13(2)8-6-10-17(16)30-21(31)29(4)27-28-30/h6-11H,5,12H2,1-4H3. The second kappa shape index (κ2) is 9.04. The monoisotopic (exact) mass is 472 g/mol. The highest BCUT2D eigenvalue weighted by Crippen LogP contribution is 2.43. The fraction of sp³-hybridized carbons (Fsp3) is 0.318. The van der Waals surface area contributed by atoms with Crippen molar-refractivity contribution in [2.45, 2.75) is 40.1 Å². The maximum atomic E-state index is 13.5. The summed E-state index contributed by atoms with van der Waals surface area (Å²) in [4.78, 5) is 12.3. The van der Waals surface area contributed by atoms with E-state index in [0.29, 0.717) is 29.3 Å². The fourth-order valence-corrected chi connectivity index (χ4v) is 3.33.